The lowest BCUT2D eigenvalue weighted by atomic mass is 9.96. The van der Waals surface area contributed by atoms with Crippen molar-refractivity contribution in [3.05, 3.63) is 83.7 Å². The van der Waals surface area contributed by atoms with Gasteiger partial charge in [0.1, 0.15) is 11.5 Å². The highest BCUT2D eigenvalue weighted by Gasteiger charge is 2.47. The first-order valence-corrected chi connectivity index (χ1v) is 13.1. The summed E-state index contributed by atoms with van der Waals surface area (Å²) in [5.74, 6) is -0.0502. The number of alkyl halides is 6. The molecule has 1 aliphatic rings. The molecular weight excluding hydrogens is 542 g/mol. The summed E-state index contributed by atoms with van der Waals surface area (Å²) in [6.45, 7) is 0. The van der Waals surface area contributed by atoms with E-state index < -0.39 is 35.9 Å². The van der Waals surface area contributed by atoms with E-state index >= 15 is 0 Å². The number of nitrogens with one attached hydrogen (secondary N) is 1. The van der Waals surface area contributed by atoms with Crippen LogP contribution >= 0.6 is 11.8 Å². The van der Waals surface area contributed by atoms with Gasteiger partial charge in [-0.3, -0.25) is 4.79 Å². The number of pyridine rings is 1. The summed E-state index contributed by atoms with van der Waals surface area (Å²) in [5.41, 5.74) is -0.0550. The van der Waals surface area contributed by atoms with E-state index in [9.17, 15) is 31.1 Å². The molecule has 2 aromatic heterocycles. The highest BCUT2D eigenvalue weighted by molar-refractivity contribution is 7.99. The van der Waals surface area contributed by atoms with Crippen molar-refractivity contribution < 1.29 is 31.1 Å². The second-order valence-corrected chi connectivity index (χ2v) is 10.3. The Morgan fingerprint density at radius 1 is 1.03 bits per heavy atom. The molecule has 2 atom stereocenters. The first-order valence-electron chi connectivity index (χ1n) is 12.1. The molecule has 0 radical (unpaired) electrons. The minimum absolute atomic E-state index is 0.00476. The fourth-order valence-electron chi connectivity index (χ4n) is 4.63. The van der Waals surface area contributed by atoms with Crippen LogP contribution in [0.25, 0.3) is 10.9 Å². The molecule has 0 amide bonds. The van der Waals surface area contributed by atoms with Crippen molar-refractivity contribution in [1.29, 1.82) is 0 Å². The zero-order chi connectivity index (χ0) is 27.8. The molecule has 3 heterocycles. The number of rotatable bonds is 7. The third kappa shape index (κ3) is 5.75. The largest absolute Gasteiger partial charge is 0.433 e. The van der Waals surface area contributed by atoms with Gasteiger partial charge in [-0.05, 0) is 29.9 Å². The normalized spacial score (nSPS) is 17.6. The van der Waals surface area contributed by atoms with Gasteiger partial charge < -0.3 is 5.32 Å². The Kier molecular flexibility index (Phi) is 7.32. The summed E-state index contributed by atoms with van der Waals surface area (Å²) >= 11 is 1.17. The summed E-state index contributed by atoms with van der Waals surface area (Å²) in [6.07, 6.45) is -7.99. The molecule has 39 heavy (non-hydrogen) atoms. The van der Waals surface area contributed by atoms with Crippen LogP contribution in [0.4, 0.5) is 32.2 Å². The van der Waals surface area contributed by atoms with Crippen LogP contribution in [0.1, 0.15) is 53.0 Å². The van der Waals surface area contributed by atoms with Gasteiger partial charge >= 0.3 is 12.4 Å². The zero-order valence-electron chi connectivity index (χ0n) is 20.3. The SMILES string of the molecule is O=C(CCCSc1cc(C(F)(F)F)nc2ccccc12)c1cnn2c1NC(c1ccccc1)CC2C(F)(F)F. The van der Waals surface area contributed by atoms with E-state index in [1.165, 1.54) is 17.8 Å². The van der Waals surface area contributed by atoms with Crippen LogP contribution in [0.15, 0.2) is 71.8 Å². The molecule has 1 N–H and O–H groups in total. The van der Waals surface area contributed by atoms with E-state index in [1.54, 1.807) is 48.5 Å². The van der Waals surface area contributed by atoms with Crippen molar-refractivity contribution in [2.75, 3.05) is 11.1 Å². The monoisotopic (exact) mass is 564 g/mol. The van der Waals surface area contributed by atoms with Crippen LogP contribution in [0.3, 0.4) is 0 Å². The molecule has 0 spiro atoms. The van der Waals surface area contributed by atoms with Crippen LogP contribution in [0, 0.1) is 0 Å². The first-order chi connectivity index (χ1) is 18.5. The predicted molar refractivity (Wildman–Crippen MR) is 136 cm³/mol. The molecule has 2 aromatic carbocycles. The summed E-state index contributed by atoms with van der Waals surface area (Å²) in [5, 5.41) is 7.52. The van der Waals surface area contributed by atoms with Crippen LogP contribution in [0.5, 0.6) is 0 Å². The minimum atomic E-state index is -4.60. The summed E-state index contributed by atoms with van der Waals surface area (Å²) in [4.78, 5) is 17.1. The quantitative estimate of drug-likeness (QED) is 0.107. The molecule has 0 fully saturated rings. The molecule has 0 saturated heterocycles. The Balaban J connectivity index is 1.31. The third-order valence-electron chi connectivity index (χ3n) is 6.52. The van der Waals surface area contributed by atoms with Crippen molar-refractivity contribution >= 4 is 34.3 Å². The molecule has 5 nitrogen and oxygen atoms in total. The molecule has 5 rings (SSSR count). The van der Waals surface area contributed by atoms with Crippen LogP contribution in [0.2, 0.25) is 0 Å². The Hall–Kier alpha value is -3.54. The zero-order valence-corrected chi connectivity index (χ0v) is 21.1. The Morgan fingerprint density at radius 3 is 2.46 bits per heavy atom. The minimum Gasteiger partial charge on any atom is -0.363 e. The number of Topliss-reactive ketones (excluding diaryl/α,β-unsaturated/α-hetero) is 1. The number of hydrogen-bond acceptors (Lipinski definition) is 5. The molecule has 0 aliphatic carbocycles. The van der Waals surface area contributed by atoms with Gasteiger partial charge in [0.15, 0.2) is 11.8 Å². The highest BCUT2D eigenvalue weighted by Crippen LogP contribution is 2.44. The lowest BCUT2D eigenvalue weighted by Gasteiger charge is -2.34. The molecule has 0 bridgehead atoms. The van der Waals surface area contributed by atoms with Crippen LogP contribution in [-0.2, 0) is 6.18 Å². The van der Waals surface area contributed by atoms with E-state index in [0.717, 1.165) is 16.9 Å². The number of anilines is 1. The first kappa shape index (κ1) is 27.0. The summed E-state index contributed by atoms with van der Waals surface area (Å²) in [7, 11) is 0. The van der Waals surface area contributed by atoms with Crippen LogP contribution < -0.4 is 5.32 Å². The van der Waals surface area contributed by atoms with Gasteiger partial charge in [0.2, 0.25) is 0 Å². The number of carbonyl (C=O) groups is 1. The second kappa shape index (κ2) is 10.6. The number of nitrogens with zero attached hydrogens (tertiary/aromatic N) is 3. The lowest BCUT2D eigenvalue weighted by Crippen LogP contribution is -2.36. The number of carbonyl (C=O) groups excluding carboxylic acids is 1. The molecule has 2 unspecified atom stereocenters. The maximum atomic E-state index is 13.9. The Morgan fingerprint density at radius 2 is 1.74 bits per heavy atom. The molecule has 204 valence electrons. The van der Waals surface area contributed by atoms with Gasteiger partial charge in [-0.2, -0.15) is 31.4 Å². The molecule has 0 saturated carbocycles. The smallest absolute Gasteiger partial charge is 0.363 e. The summed E-state index contributed by atoms with van der Waals surface area (Å²) < 4.78 is 82.5. The standard InChI is InChI=1S/C27H22F6N4OS/c28-26(29,30)23-14-22(17-9-4-5-10-19(17)35-23)39-12-6-11-21(38)18-15-34-37-24(27(31,32)33)13-20(36-25(18)37)16-7-2-1-3-8-16/h1-5,7-10,14-15,20,24,36H,6,11-13H2. The van der Waals surface area contributed by atoms with Gasteiger partial charge in [-0.25, -0.2) is 9.67 Å². The Labute approximate surface area is 223 Å². The van der Waals surface area contributed by atoms with Crippen molar-refractivity contribution in [2.45, 2.75) is 48.6 Å². The van der Waals surface area contributed by atoms with E-state index in [0.29, 0.717) is 28.0 Å². The highest BCUT2D eigenvalue weighted by atomic mass is 32.2. The topological polar surface area (TPSA) is 59.8 Å². The number of benzene rings is 2. The van der Waals surface area contributed by atoms with Gasteiger partial charge in [0, 0.05) is 23.1 Å². The van der Waals surface area contributed by atoms with E-state index in [2.05, 4.69) is 15.4 Å². The molecule has 1 aliphatic heterocycles. The van der Waals surface area contributed by atoms with E-state index in [-0.39, 0.29) is 29.7 Å². The number of hydrogen-bond donors (Lipinski definition) is 1. The maximum absolute atomic E-state index is 13.9. The van der Waals surface area contributed by atoms with Crippen LogP contribution in [-0.4, -0.2) is 32.5 Å². The number of halogens is 6. The molecular formula is C27H22F6N4OS. The number of fused-ring (bicyclic) bond motifs is 2. The predicted octanol–water partition coefficient (Wildman–Crippen LogP) is 7.87. The van der Waals surface area contributed by atoms with E-state index in [1.807, 2.05) is 0 Å². The Bertz CT molecular complexity index is 1490. The van der Waals surface area contributed by atoms with Gasteiger partial charge in [0.05, 0.1) is 23.3 Å². The van der Waals surface area contributed by atoms with Crippen molar-refractivity contribution in [2.24, 2.45) is 0 Å². The fourth-order valence-corrected chi connectivity index (χ4v) is 5.66. The fraction of sp³-hybridized carbons (Fsp3) is 0.296. The number of para-hydroxylation sites is 1. The van der Waals surface area contributed by atoms with Crippen molar-refractivity contribution in [3.8, 4) is 0 Å². The lowest BCUT2D eigenvalue weighted by molar-refractivity contribution is -0.173. The third-order valence-corrected chi connectivity index (χ3v) is 7.66. The van der Waals surface area contributed by atoms with Gasteiger partial charge in [0.25, 0.3) is 0 Å². The number of ketones is 1. The average Bonchev–Trinajstić information content (AvgIpc) is 3.33. The average molecular weight is 565 g/mol. The van der Waals surface area contributed by atoms with Gasteiger partial charge in [-0.1, -0.05) is 48.5 Å². The maximum Gasteiger partial charge on any atom is 0.433 e. The van der Waals surface area contributed by atoms with E-state index in [4.69, 9.17) is 0 Å². The summed E-state index contributed by atoms with van der Waals surface area (Å²) in [6, 6.07) is 13.6. The molecule has 4 aromatic rings. The second-order valence-electron chi connectivity index (χ2n) is 9.15. The van der Waals surface area contributed by atoms with Crippen molar-refractivity contribution in [3.63, 3.8) is 0 Å². The number of thioether (sulfide) groups is 1. The van der Waals surface area contributed by atoms with Crippen molar-refractivity contribution in [1.82, 2.24) is 14.8 Å². The number of aromatic nitrogens is 3. The van der Waals surface area contributed by atoms with Gasteiger partial charge in [-0.15, -0.1) is 11.8 Å². The molecule has 12 heteroatoms.